The minimum atomic E-state index is -0.122. The second-order valence-electron chi connectivity index (χ2n) is 3.43. The van der Waals surface area contributed by atoms with Crippen LogP contribution in [0.3, 0.4) is 0 Å². The van der Waals surface area contributed by atoms with Crippen LogP contribution >= 0.6 is 0 Å². The van der Waals surface area contributed by atoms with E-state index < -0.39 is 0 Å². The van der Waals surface area contributed by atoms with Gasteiger partial charge in [-0.2, -0.15) is 0 Å². The van der Waals surface area contributed by atoms with E-state index in [-0.39, 0.29) is 12.9 Å². The Bertz CT molecular complexity index is 362. The lowest BCUT2D eigenvalue weighted by atomic mass is 10.1. The van der Waals surface area contributed by atoms with Crippen LogP contribution in [0.1, 0.15) is 12.5 Å². The number of hydrogen-bond donors (Lipinski definition) is 0. The zero-order valence-corrected chi connectivity index (χ0v) is 8.43. The monoisotopic (exact) mass is 208 g/mol. The minimum absolute atomic E-state index is 0.122. The van der Waals surface area contributed by atoms with Crippen molar-refractivity contribution in [1.82, 2.24) is 0 Å². The first-order valence-electron chi connectivity index (χ1n) is 4.77. The van der Waals surface area contributed by atoms with Gasteiger partial charge in [-0.15, -0.1) is 0 Å². The maximum atomic E-state index is 10.1. The van der Waals surface area contributed by atoms with Crippen molar-refractivity contribution in [3.8, 4) is 11.5 Å². The second-order valence-corrected chi connectivity index (χ2v) is 3.43. The molecule has 1 unspecified atom stereocenters. The molecule has 0 radical (unpaired) electrons. The first-order valence-corrected chi connectivity index (χ1v) is 4.77. The molecule has 1 atom stereocenters. The van der Waals surface area contributed by atoms with Crippen LogP contribution < -0.4 is 9.47 Å². The smallest absolute Gasteiger partial charge is 0.293 e. The maximum Gasteiger partial charge on any atom is 0.293 e. The van der Waals surface area contributed by atoms with Crippen molar-refractivity contribution < 1.29 is 19.0 Å². The average Bonchev–Trinajstić information content (AvgIpc) is 2.65. The van der Waals surface area contributed by atoms with Crippen LogP contribution in [0.5, 0.6) is 11.5 Å². The lowest BCUT2D eigenvalue weighted by Gasteiger charge is -2.09. The topological polar surface area (TPSA) is 44.8 Å². The molecule has 1 aromatic carbocycles. The summed E-state index contributed by atoms with van der Waals surface area (Å²) >= 11 is 0. The lowest BCUT2D eigenvalue weighted by molar-refractivity contribution is -0.132. The molecule has 4 heteroatoms. The van der Waals surface area contributed by atoms with Gasteiger partial charge in [0.05, 0.1) is 0 Å². The molecule has 2 rings (SSSR count). The Morgan fingerprint density at radius 2 is 2.27 bits per heavy atom. The van der Waals surface area contributed by atoms with Crippen LogP contribution in [0.25, 0.3) is 0 Å². The molecule has 0 spiro atoms. The third kappa shape index (κ3) is 2.21. The first kappa shape index (κ1) is 9.83. The van der Waals surface area contributed by atoms with Crippen molar-refractivity contribution >= 4 is 6.47 Å². The van der Waals surface area contributed by atoms with Gasteiger partial charge in [-0.25, -0.2) is 0 Å². The summed E-state index contributed by atoms with van der Waals surface area (Å²) in [5, 5.41) is 0. The van der Waals surface area contributed by atoms with E-state index in [2.05, 4.69) is 0 Å². The Kier molecular flexibility index (Phi) is 2.76. The molecule has 0 amide bonds. The Hall–Kier alpha value is -1.71. The third-order valence-corrected chi connectivity index (χ3v) is 2.25. The summed E-state index contributed by atoms with van der Waals surface area (Å²) in [4.78, 5) is 10.1. The molecule has 1 aliphatic heterocycles. The van der Waals surface area contributed by atoms with E-state index in [1.165, 1.54) is 0 Å². The molecule has 0 aromatic heterocycles. The largest absolute Gasteiger partial charge is 0.465 e. The molecule has 4 nitrogen and oxygen atoms in total. The normalized spacial score (nSPS) is 14.7. The van der Waals surface area contributed by atoms with E-state index in [0.717, 1.165) is 17.1 Å². The van der Waals surface area contributed by atoms with E-state index >= 15 is 0 Å². The van der Waals surface area contributed by atoms with Crippen molar-refractivity contribution in [3.63, 3.8) is 0 Å². The third-order valence-electron chi connectivity index (χ3n) is 2.25. The fourth-order valence-electron chi connectivity index (χ4n) is 1.54. The highest BCUT2D eigenvalue weighted by Crippen LogP contribution is 2.32. The predicted molar refractivity (Wildman–Crippen MR) is 52.9 cm³/mol. The number of ether oxygens (including phenoxy) is 3. The van der Waals surface area contributed by atoms with E-state index in [9.17, 15) is 4.79 Å². The molecule has 0 saturated carbocycles. The van der Waals surface area contributed by atoms with E-state index in [4.69, 9.17) is 14.2 Å². The van der Waals surface area contributed by atoms with Gasteiger partial charge in [0.25, 0.3) is 6.47 Å². The molecule has 0 saturated heterocycles. The van der Waals surface area contributed by atoms with Gasteiger partial charge in [0.15, 0.2) is 11.5 Å². The predicted octanol–water partition coefficient (Wildman–Crippen LogP) is 1.52. The number of hydrogen-bond acceptors (Lipinski definition) is 4. The number of benzene rings is 1. The number of fused-ring (bicyclic) bond motifs is 1. The highest BCUT2D eigenvalue weighted by atomic mass is 16.7. The van der Waals surface area contributed by atoms with Gasteiger partial charge in [-0.3, -0.25) is 4.79 Å². The highest BCUT2D eigenvalue weighted by Gasteiger charge is 2.14. The molecular formula is C11H12O4. The quantitative estimate of drug-likeness (QED) is 0.704. The Morgan fingerprint density at radius 1 is 1.47 bits per heavy atom. The molecule has 1 aliphatic rings. The van der Waals surface area contributed by atoms with E-state index in [0.29, 0.717) is 12.9 Å². The van der Waals surface area contributed by atoms with Crippen LogP contribution in [-0.4, -0.2) is 19.4 Å². The SMILES string of the molecule is CC(Cc1ccc2c(c1)OCO2)OC=O. The molecule has 15 heavy (non-hydrogen) atoms. The fourth-order valence-corrected chi connectivity index (χ4v) is 1.54. The minimum Gasteiger partial charge on any atom is -0.465 e. The zero-order valence-electron chi connectivity index (χ0n) is 8.43. The Morgan fingerprint density at radius 3 is 3.07 bits per heavy atom. The van der Waals surface area contributed by atoms with Gasteiger partial charge >= 0.3 is 0 Å². The summed E-state index contributed by atoms with van der Waals surface area (Å²) in [5.41, 5.74) is 1.06. The van der Waals surface area contributed by atoms with Crippen molar-refractivity contribution in [2.24, 2.45) is 0 Å². The van der Waals surface area contributed by atoms with Gasteiger partial charge in [0.2, 0.25) is 6.79 Å². The summed E-state index contributed by atoms with van der Waals surface area (Å²) < 4.78 is 15.3. The highest BCUT2D eigenvalue weighted by molar-refractivity contribution is 5.44. The van der Waals surface area contributed by atoms with Gasteiger partial charge in [-0.1, -0.05) is 6.07 Å². The van der Waals surface area contributed by atoms with Crippen LogP contribution in [0, 0.1) is 0 Å². The Labute approximate surface area is 87.8 Å². The number of rotatable bonds is 4. The van der Waals surface area contributed by atoms with Crippen molar-refractivity contribution in [3.05, 3.63) is 23.8 Å². The Balaban J connectivity index is 2.06. The molecule has 1 aromatic rings. The average molecular weight is 208 g/mol. The summed E-state index contributed by atoms with van der Waals surface area (Å²) in [6.07, 6.45) is 0.554. The lowest BCUT2D eigenvalue weighted by Crippen LogP contribution is -2.10. The first-order chi connectivity index (χ1) is 7.29. The summed E-state index contributed by atoms with van der Waals surface area (Å²) in [7, 11) is 0. The summed E-state index contributed by atoms with van der Waals surface area (Å²) in [5.74, 6) is 1.52. The van der Waals surface area contributed by atoms with Gasteiger partial charge in [0, 0.05) is 6.42 Å². The van der Waals surface area contributed by atoms with E-state index in [1.807, 2.05) is 25.1 Å². The van der Waals surface area contributed by atoms with Crippen molar-refractivity contribution in [2.45, 2.75) is 19.4 Å². The van der Waals surface area contributed by atoms with Crippen molar-refractivity contribution in [1.29, 1.82) is 0 Å². The molecule has 1 heterocycles. The van der Waals surface area contributed by atoms with Crippen LogP contribution in [0.15, 0.2) is 18.2 Å². The summed E-state index contributed by atoms with van der Waals surface area (Å²) in [6, 6.07) is 5.72. The maximum absolute atomic E-state index is 10.1. The van der Waals surface area contributed by atoms with Crippen LogP contribution in [0.4, 0.5) is 0 Å². The van der Waals surface area contributed by atoms with E-state index in [1.54, 1.807) is 0 Å². The molecule has 0 N–H and O–H groups in total. The van der Waals surface area contributed by atoms with Crippen LogP contribution in [-0.2, 0) is 16.0 Å². The fraction of sp³-hybridized carbons (Fsp3) is 0.364. The molecule has 0 bridgehead atoms. The van der Waals surface area contributed by atoms with Gasteiger partial charge < -0.3 is 14.2 Å². The standard InChI is InChI=1S/C11H12O4/c1-8(13-6-12)4-9-2-3-10-11(5-9)15-7-14-10/h2-3,5-6,8H,4,7H2,1H3. The van der Waals surface area contributed by atoms with Crippen molar-refractivity contribution in [2.75, 3.05) is 6.79 Å². The zero-order chi connectivity index (χ0) is 10.7. The number of carbonyl (C=O) groups excluding carboxylic acids is 1. The van der Waals surface area contributed by atoms with Crippen LogP contribution in [0.2, 0.25) is 0 Å². The van der Waals surface area contributed by atoms with Gasteiger partial charge in [-0.05, 0) is 24.6 Å². The number of carbonyl (C=O) groups is 1. The second kappa shape index (κ2) is 4.21. The molecule has 0 fully saturated rings. The summed E-state index contributed by atoms with van der Waals surface area (Å²) in [6.45, 7) is 2.59. The molecule has 0 aliphatic carbocycles. The molecule has 80 valence electrons. The van der Waals surface area contributed by atoms with Gasteiger partial charge in [0.1, 0.15) is 6.10 Å². The molecular weight excluding hydrogens is 196 g/mol.